The number of hydrogen-bond acceptors (Lipinski definition) is 3. The minimum atomic E-state index is -0.279. The summed E-state index contributed by atoms with van der Waals surface area (Å²) in [7, 11) is 0. The molecule has 0 unspecified atom stereocenters. The fourth-order valence-electron chi connectivity index (χ4n) is 2.09. The molecule has 0 saturated carbocycles. The van der Waals surface area contributed by atoms with Crippen molar-refractivity contribution in [2.45, 2.75) is 9.79 Å². The fraction of sp³-hybridized carbons (Fsp3) is 0. The average molecular weight is 381 g/mol. The van der Waals surface area contributed by atoms with Crippen LogP contribution in [0.2, 0.25) is 0 Å². The first-order valence-corrected chi connectivity index (χ1v) is 9.62. The molecule has 0 bridgehead atoms. The molecule has 0 aliphatic carbocycles. The molecule has 0 radical (unpaired) electrons. The second kappa shape index (κ2) is 9.27. The van der Waals surface area contributed by atoms with Crippen LogP contribution in [0.5, 0.6) is 0 Å². The number of anilines is 1. The summed E-state index contributed by atoms with van der Waals surface area (Å²) < 4.78 is 13.1. The van der Waals surface area contributed by atoms with E-state index < -0.39 is 0 Å². The minimum Gasteiger partial charge on any atom is -0.322 e. The van der Waals surface area contributed by atoms with Crippen LogP contribution in [-0.2, 0) is 4.79 Å². The molecular formula is C21H16FNOS2. The van der Waals surface area contributed by atoms with Crippen LogP contribution in [0.4, 0.5) is 10.1 Å². The van der Waals surface area contributed by atoms with Crippen molar-refractivity contribution < 1.29 is 9.18 Å². The number of nitrogens with one attached hydrogen (secondary N) is 1. The van der Waals surface area contributed by atoms with E-state index in [2.05, 4.69) is 5.32 Å². The van der Waals surface area contributed by atoms with Crippen molar-refractivity contribution in [2.75, 3.05) is 5.32 Å². The zero-order valence-electron chi connectivity index (χ0n) is 13.8. The molecule has 0 aliphatic heterocycles. The summed E-state index contributed by atoms with van der Waals surface area (Å²) >= 11 is 2.78. The predicted octanol–water partition coefficient (Wildman–Crippen LogP) is 6.19. The molecule has 5 heteroatoms. The SMILES string of the molecule is O=C(Nc1ccccc1)/C(=C/Sc1ccc(F)cc1)Sc1ccccc1. The number of thioether (sulfide) groups is 2. The van der Waals surface area contributed by atoms with Crippen molar-refractivity contribution in [3.8, 4) is 0 Å². The van der Waals surface area contributed by atoms with Gasteiger partial charge in [-0.15, -0.1) is 0 Å². The lowest BCUT2D eigenvalue weighted by molar-refractivity contribution is -0.112. The highest BCUT2D eigenvalue weighted by molar-refractivity contribution is 8.06. The lowest BCUT2D eigenvalue weighted by Gasteiger charge is -2.09. The predicted molar refractivity (Wildman–Crippen MR) is 108 cm³/mol. The molecular weight excluding hydrogens is 365 g/mol. The van der Waals surface area contributed by atoms with Gasteiger partial charge in [0.15, 0.2) is 0 Å². The molecule has 0 atom stereocenters. The van der Waals surface area contributed by atoms with Crippen molar-refractivity contribution in [3.63, 3.8) is 0 Å². The molecule has 130 valence electrons. The quantitative estimate of drug-likeness (QED) is 0.408. The van der Waals surface area contributed by atoms with Crippen molar-refractivity contribution in [3.05, 3.63) is 101 Å². The number of amides is 1. The smallest absolute Gasteiger partial charge is 0.262 e. The minimum absolute atomic E-state index is 0.181. The number of carbonyl (C=O) groups is 1. The number of para-hydroxylation sites is 1. The third-order valence-corrected chi connectivity index (χ3v) is 5.42. The van der Waals surface area contributed by atoms with Gasteiger partial charge in [0.05, 0.1) is 4.91 Å². The van der Waals surface area contributed by atoms with Gasteiger partial charge in [0.1, 0.15) is 5.82 Å². The highest BCUT2D eigenvalue weighted by Gasteiger charge is 2.12. The Morgan fingerprint density at radius 2 is 1.42 bits per heavy atom. The first-order chi connectivity index (χ1) is 12.7. The van der Waals surface area contributed by atoms with Crippen LogP contribution in [0.25, 0.3) is 0 Å². The van der Waals surface area contributed by atoms with E-state index in [1.807, 2.05) is 60.7 Å². The van der Waals surface area contributed by atoms with E-state index in [1.165, 1.54) is 35.7 Å². The molecule has 2 nitrogen and oxygen atoms in total. The van der Waals surface area contributed by atoms with Crippen LogP contribution in [0.15, 0.2) is 105 Å². The van der Waals surface area contributed by atoms with Crippen LogP contribution < -0.4 is 5.32 Å². The number of carbonyl (C=O) groups excluding carboxylic acids is 1. The lowest BCUT2D eigenvalue weighted by Crippen LogP contribution is -2.12. The van der Waals surface area contributed by atoms with E-state index in [0.29, 0.717) is 4.91 Å². The van der Waals surface area contributed by atoms with Crippen molar-refractivity contribution >= 4 is 35.1 Å². The summed E-state index contributed by atoms with van der Waals surface area (Å²) in [5.41, 5.74) is 0.740. The summed E-state index contributed by atoms with van der Waals surface area (Å²) in [5.74, 6) is -0.460. The van der Waals surface area contributed by atoms with Crippen LogP contribution >= 0.6 is 23.5 Å². The molecule has 0 spiro atoms. The third-order valence-electron chi connectivity index (χ3n) is 3.34. The van der Waals surface area contributed by atoms with Gasteiger partial charge in [-0.1, -0.05) is 59.9 Å². The Morgan fingerprint density at radius 3 is 2.08 bits per heavy atom. The summed E-state index contributed by atoms with van der Waals surface area (Å²) in [5, 5.41) is 4.70. The molecule has 1 N–H and O–H groups in total. The topological polar surface area (TPSA) is 29.1 Å². The second-order valence-electron chi connectivity index (χ2n) is 5.29. The van der Waals surface area contributed by atoms with E-state index in [9.17, 15) is 9.18 Å². The Hall–Kier alpha value is -2.50. The second-order valence-corrected chi connectivity index (χ2v) is 7.35. The van der Waals surface area contributed by atoms with Gasteiger partial charge in [-0.2, -0.15) is 0 Å². The first kappa shape index (κ1) is 18.3. The molecule has 1 amide bonds. The monoisotopic (exact) mass is 381 g/mol. The lowest BCUT2D eigenvalue weighted by atomic mass is 10.3. The van der Waals surface area contributed by atoms with Crippen LogP contribution in [0.1, 0.15) is 0 Å². The third kappa shape index (κ3) is 5.51. The first-order valence-electron chi connectivity index (χ1n) is 7.92. The highest BCUT2D eigenvalue weighted by Crippen LogP contribution is 2.31. The Morgan fingerprint density at radius 1 is 0.808 bits per heavy atom. The maximum atomic E-state index is 13.1. The summed E-state index contributed by atoms with van der Waals surface area (Å²) in [4.78, 5) is 15.1. The van der Waals surface area contributed by atoms with Gasteiger partial charge in [-0.3, -0.25) is 4.79 Å². The molecule has 0 heterocycles. The number of hydrogen-bond donors (Lipinski definition) is 1. The van der Waals surface area contributed by atoms with Gasteiger partial charge in [-0.25, -0.2) is 4.39 Å². The van der Waals surface area contributed by atoms with E-state index in [4.69, 9.17) is 0 Å². The van der Waals surface area contributed by atoms with Gasteiger partial charge >= 0.3 is 0 Å². The van der Waals surface area contributed by atoms with E-state index in [0.717, 1.165) is 15.5 Å². The molecule has 3 rings (SSSR count). The Bertz CT molecular complexity index is 881. The van der Waals surface area contributed by atoms with Gasteiger partial charge in [0, 0.05) is 15.5 Å². The summed E-state index contributed by atoms with van der Waals surface area (Å²) in [6.45, 7) is 0. The molecule has 26 heavy (non-hydrogen) atoms. The fourth-order valence-corrected chi connectivity index (χ4v) is 3.76. The van der Waals surface area contributed by atoms with E-state index in [-0.39, 0.29) is 11.7 Å². The van der Waals surface area contributed by atoms with Crippen molar-refractivity contribution in [1.29, 1.82) is 0 Å². The number of benzene rings is 3. The molecule has 0 saturated heterocycles. The maximum Gasteiger partial charge on any atom is 0.262 e. The van der Waals surface area contributed by atoms with E-state index >= 15 is 0 Å². The number of halogens is 1. The van der Waals surface area contributed by atoms with Gasteiger partial charge in [-0.05, 0) is 53.9 Å². The van der Waals surface area contributed by atoms with Crippen LogP contribution in [-0.4, -0.2) is 5.91 Å². The van der Waals surface area contributed by atoms with Crippen molar-refractivity contribution in [2.24, 2.45) is 0 Å². The zero-order valence-corrected chi connectivity index (χ0v) is 15.4. The molecule has 0 fully saturated rings. The highest BCUT2D eigenvalue weighted by atomic mass is 32.2. The summed E-state index contributed by atoms with van der Waals surface area (Å²) in [6.07, 6.45) is 0. The van der Waals surface area contributed by atoms with Crippen molar-refractivity contribution in [1.82, 2.24) is 0 Å². The Labute approximate surface area is 160 Å². The van der Waals surface area contributed by atoms with Gasteiger partial charge < -0.3 is 5.32 Å². The average Bonchev–Trinajstić information content (AvgIpc) is 2.68. The standard InChI is InChI=1S/C21H16FNOS2/c22-16-11-13-18(14-12-16)25-15-20(26-19-9-5-2-6-10-19)21(24)23-17-7-3-1-4-8-17/h1-15H,(H,23,24)/b20-15-. The van der Waals surface area contributed by atoms with Gasteiger partial charge in [0.2, 0.25) is 0 Å². The Kier molecular flexibility index (Phi) is 6.52. The number of rotatable bonds is 6. The van der Waals surface area contributed by atoms with Crippen LogP contribution in [0.3, 0.4) is 0 Å². The summed E-state index contributed by atoms with van der Waals surface area (Å²) in [6, 6.07) is 25.2. The van der Waals surface area contributed by atoms with Crippen LogP contribution in [0, 0.1) is 5.82 Å². The zero-order chi connectivity index (χ0) is 18.2. The Balaban J connectivity index is 1.79. The molecule has 3 aromatic carbocycles. The normalized spacial score (nSPS) is 11.2. The molecule has 3 aromatic rings. The van der Waals surface area contributed by atoms with E-state index in [1.54, 1.807) is 17.5 Å². The largest absolute Gasteiger partial charge is 0.322 e. The molecule has 0 aliphatic rings. The molecule has 0 aromatic heterocycles. The maximum absolute atomic E-state index is 13.1. The van der Waals surface area contributed by atoms with Gasteiger partial charge in [0.25, 0.3) is 5.91 Å².